The Morgan fingerprint density at radius 2 is 1.74 bits per heavy atom. The number of carbonyl (C=O) groups excluding carboxylic acids is 3. The van der Waals surface area contributed by atoms with Crippen LogP contribution in [0.15, 0.2) is 42.7 Å². The Morgan fingerprint density at radius 3 is 2.41 bits per heavy atom. The highest BCUT2D eigenvalue weighted by Crippen LogP contribution is 2.21. The van der Waals surface area contributed by atoms with Crippen molar-refractivity contribution in [3.8, 4) is 0 Å². The SMILES string of the molecule is CC(C)OCc1ccc(CNC(=O)CN2C(=O)c3ccncc3C2=O)cc1. The lowest BCUT2D eigenvalue weighted by atomic mass is 10.1. The van der Waals surface area contributed by atoms with Crippen LogP contribution in [0.1, 0.15) is 45.7 Å². The minimum Gasteiger partial charge on any atom is -0.374 e. The van der Waals surface area contributed by atoms with Gasteiger partial charge >= 0.3 is 0 Å². The van der Waals surface area contributed by atoms with E-state index in [0.29, 0.717) is 13.2 Å². The Labute approximate surface area is 157 Å². The van der Waals surface area contributed by atoms with E-state index >= 15 is 0 Å². The van der Waals surface area contributed by atoms with Crippen molar-refractivity contribution >= 4 is 17.7 Å². The number of benzene rings is 1. The van der Waals surface area contributed by atoms with Crippen molar-refractivity contribution in [2.24, 2.45) is 0 Å². The van der Waals surface area contributed by atoms with Gasteiger partial charge in [-0.2, -0.15) is 0 Å². The predicted molar refractivity (Wildman–Crippen MR) is 97.8 cm³/mol. The van der Waals surface area contributed by atoms with Gasteiger partial charge < -0.3 is 10.1 Å². The summed E-state index contributed by atoms with van der Waals surface area (Å²) >= 11 is 0. The largest absolute Gasteiger partial charge is 0.374 e. The summed E-state index contributed by atoms with van der Waals surface area (Å²) < 4.78 is 5.54. The van der Waals surface area contributed by atoms with E-state index in [0.717, 1.165) is 16.0 Å². The standard InChI is InChI=1S/C20H21N3O4/c1-13(2)27-12-15-5-3-14(4-6-15)9-22-18(24)11-23-19(25)16-7-8-21-10-17(16)20(23)26/h3-8,10,13H,9,11-12H2,1-2H3,(H,22,24). The van der Waals surface area contributed by atoms with Crippen molar-refractivity contribution in [2.45, 2.75) is 33.1 Å². The van der Waals surface area contributed by atoms with Crippen LogP contribution in [0.3, 0.4) is 0 Å². The molecule has 0 radical (unpaired) electrons. The Morgan fingerprint density at radius 1 is 1.07 bits per heavy atom. The smallest absolute Gasteiger partial charge is 0.263 e. The molecule has 7 heteroatoms. The van der Waals surface area contributed by atoms with Crippen molar-refractivity contribution in [1.29, 1.82) is 0 Å². The Hall–Kier alpha value is -3.06. The molecule has 2 aromatic rings. The van der Waals surface area contributed by atoms with E-state index in [1.807, 2.05) is 38.1 Å². The molecule has 1 aromatic heterocycles. The molecule has 0 spiro atoms. The molecular formula is C20H21N3O4. The molecule has 0 aliphatic carbocycles. The first-order chi connectivity index (χ1) is 13.0. The van der Waals surface area contributed by atoms with Crippen LogP contribution in [-0.2, 0) is 22.7 Å². The van der Waals surface area contributed by atoms with Gasteiger partial charge in [-0.3, -0.25) is 24.3 Å². The molecule has 0 bridgehead atoms. The fraction of sp³-hybridized carbons (Fsp3) is 0.300. The number of imide groups is 1. The topological polar surface area (TPSA) is 88.6 Å². The van der Waals surface area contributed by atoms with Crippen LogP contribution in [0.25, 0.3) is 0 Å². The summed E-state index contributed by atoms with van der Waals surface area (Å²) in [5, 5.41) is 2.73. The van der Waals surface area contributed by atoms with E-state index < -0.39 is 17.7 Å². The Kier molecular flexibility index (Phi) is 5.61. The minimum absolute atomic E-state index is 0.168. The number of ether oxygens (including phenoxy) is 1. The number of aromatic nitrogens is 1. The third-order valence-electron chi connectivity index (χ3n) is 4.17. The summed E-state index contributed by atoms with van der Waals surface area (Å²) in [7, 11) is 0. The number of nitrogens with one attached hydrogen (secondary N) is 1. The van der Waals surface area contributed by atoms with E-state index in [1.54, 1.807) is 0 Å². The molecule has 2 heterocycles. The summed E-state index contributed by atoms with van der Waals surface area (Å²) in [5.41, 5.74) is 2.48. The second-order valence-electron chi connectivity index (χ2n) is 6.57. The van der Waals surface area contributed by atoms with Crippen LogP contribution in [-0.4, -0.2) is 40.3 Å². The number of fused-ring (bicyclic) bond motifs is 1. The first-order valence-corrected chi connectivity index (χ1v) is 8.72. The molecule has 1 aliphatic heterocycles. The van der Waals surface area contributed by atoms with Gasteiger partial charge in [-0.25, -0.2) is 0 Å². The first-order valence-electron chi connectivity index (χ1n) is 8.72. The van der Waals surface area contributed by atoms with Crippen LogP contribution in [0, 0.1) is 0 Å². The number of rotatable bonds is 7. The zero-order chi connectivity index (χ0) is 19.4. The first kappa shape index (κ1) is 18.7. The zero-order valence-corrected chi connectivity index (χ0v) is 15.3. The summed E-state index contributed by atoms with van der Waals surface area (Å²) in [6.45, 7) is 4.50. The molecular weight excluding hydrogens is 346 g/mol. The Bertz CT molecular complexity index is 827. The highest BCUT2D eigenvalue weighted by molar-refractivity contribution is 6.22. The number of carbonyl (C=O) groups is 3. The van der Waals surface area contributed by atoms with Crippen molar-refractivity contribution in [3.05, 3.63) is 65.0 Å². The van der Waals surface area contributed by atoms with Gasteiger partial charge in [-0.05, 0) is 31.0 Å². The lowest BCUT2D eigenvalue weighted by Crippen LogP contribution is -2.40. The second-order valence-corrected chi connectivity index (χ2v) is 6.57. The van der Waals surface area contributed by atoms with Gasteiger partial charge in [0.05, 0.1) is 23.8 Å². The third-order valence-corrected chi connectivity index (χ3v) is 4.17. The van der Waals surface area contributed by atoms with Crippen LogP contribution >= 0.6 is 0 Å². The summed E-state index contributed by atoms with van der Waals surface area (Å²) in [6, 6.07) is 9.19. The summed E-state index contributed by atoms with van der Waals surface area (Å²) in [6.07, 6.45) is 2.96. The predicted octanol–water partition coefficient (Wildman–Crippen LogP) is 1.92. The molecule has 1 aliphatic rings. The fourth-order valence-electron chi connectivity index (χ4n) is 2.69. The summed E-state index contributed by atoms with van der Waals surface area (Å²) in [4.78, 5) is 41.4. The highest BCUT2D eigenvalue weighted by atomic mass is 16.5. The van der Waals surface area contributed by atoms with Gasteiger partial charge in [-0.15, -0.1) is 0 Å². The molecule has 0 saturated heterocycles. The highest BCUT2D eigenvalue weighted by Gasteiger charge is 2.36. The molecule has 0 saturated carbocycles. The molecule has 3 rings (SSSR count). The minimum atomic E-state index is -0.493. The number of hydrogen-bond donors (Lipinski definition) is 1. The van der Waals surface area contributed by atoms with E-state index in [1.165, 1.54) is 18.5 Å². The number of pyridine rings is 1. The average molecular weight is 367 g/mol. The maximum absolute atomic E-state index is 12.2. The molecule has 1 N–H and O–H groups in total. The van der Waals surface area contributed by atoms with Gasteiger partial charge in [0.1, 0.15) is 6.54 Å². The van der Waals surface area contributed by atoms with Gasteiger partial charge in [0.25, 0.3) is 11.8 Å². The van der Waals surface area contributed by atoms with E-state index in [-0.39, 0.29) is 23.8 Å². The molecule has 1 aromatic carbocycles. The second kappa shape index (κ2) is 8.09. The van der Waals surface area contributed by atoms with E-state index in [4.69, 9.17) is 4.74 Å². The van der Waals surface area contributed by atoms with Crippen LogP contribution < -0.4 is 5.32 Å². The molecule has 0 atom stereocenters. The molecule has 0 fully saturated rings. The Balaban J connectivity index is 1.52. The number of nitrogens with zero attached hydrogens (tertiary/aromatic N) is 2. The quantitative estimate of drug-likeness (QED) is 0.756. The van der Waals surface area contributed by atoms with Crippen LogP contribution in [0.5, 0.6) is 0 Å². The maximum atomic E-state index is 12.2. The molecule has 27 heavy (non-hydrogen) atoms. The van der Waals surface area contributed by atoms with Gasteiger partial charge in [0.2, 0.25) is 5.91 Å². The van der Waals surface area contributed by atoms with E-state index in [2.05, 4.69) is 10.3 Å². The number of amides is 3. The van der Waals surface area contributed by atoms with Crippen molar-refractivity contribution in [3.63, 3.8) is 0 Å². The normalized spacial score (nSPS) is 13.2. The molecule has 140 valence electrons. The van der Waals surface area contributed by atoms with Crippen molar-refractivity contribution in [1.82, 2.24) is 15.2 Å². The number of hydrogen-bond acceptors (Lipinski definition) is 5. The lowest BCUT2D eigenvalue weighted by Gasteiger charge is -2.14. The van der Waals surface area contributed by atoms with Crippen molar-refractivity contribution in [2.75, 3.05) is 6.54 Å². The van der Waals surface area contributed by atoms with Gasteiger partial charge in [0, 0.05) is 18.9 Å². The molecule has 3 amide bonds. The fourth-order valence-corrected chi connectivity index (χ4v) is 2.69. The maximum Gasteiger partial charge on any atom is 0.263 e. The van der Waals surface area contributed by atoms with Crippen molar-refractivity contribution < 1.29 is 19.1 Å². The zero-order valence-electron chi connectivity index (χ0n) is 15.3. The molecule has 0 unspecified atom stereocenters. The lowest BCUT2D eigenvalue weighted by molar-refractivity contribution is -0.121. The average Bonchev–Trinajstić information content (AvgIpc) is 2.91. The monoisotopic (exact) mass is 367 g/mol. The van der Waals surface area contributed by atoms with Gasteiger partial charge in [0.15, 0.2) is 0 Å². The van der Waals surface area contributed by atoms with Gasteiger partial charge in [-0.1, -0.05) is 24.3 Å². The van der Waals surface area contributed by atoms with Crippen LogP contribution in [0.4, 0.5) is 0 Å². The van der Waals surface area contributed by atoms with Crippen LogP contribution in [0.2, 0.25) is 0 Å². The van der Waals surface area contributed by atoms with E-state index in [9.17, 15) is 14.4 Å². The molecule has 7 nitrogen and oxygen atoms in total. The third kappa shape index (κ3) is 4.38. The summed E-state index contributed by atoms with van der Waals surface area (Å²) in [5.74, 6) is -1.36.